The highest BCUT2D eigenvalue weighted by Crippen LogP contribution is 2.25. The normalized spacial score (nSPS) is 17.0. The molecule has 2 heterocycles. The third-order valence-electron chi connectivity index (χ3n) is 5.93. The second-order valence-electron chi connectivity index (χ2n) is 8.10. The van der Waals surface area contributed by atoms with Gasteiger partial charge in [-0.05, 0) is 63.1 Å². The maximum absolute atomic E-state index is 12.8. The van der Waals surface area contributed by atoms with E-state index in [0.29, 0.717) is 12.5 Å². The fourth-order valence-corrected chi connectivity index (χ4v) is 5.19. The molecule has 1 unspecified atom stereocenters. The molecule has 31 heavy (non-hydrogen) atoms. The number of likely N-dealkylation sites (tertiary alicyclic amines) is 1. The third-order valence-corrected chi connectivity index (χ3v) is 6.94. The molecule has 1 atom stereocenters. The van der Waals surface area contributed by atoms with Crippen molar-refractivity contribution in [2.75, 3.05) is 26.2 Å². The third kappa shape index (κ3) is 5.43. The number of rotatable bonds is 8. The molecule has 1 amide bonds. The van der Waals surface area contributed by atoms with E-state index in [1.807, 2.05) is 35.2 Å². The first-order valence-electron chi connectivity index (χ1n) is 11.2. The topological polar surface area (TPSA) is 45.7 Å². The van der Waals surface area contributed by atoms with Crippen LogP contribution >= 0.6 is 11.3 Å². The summed E-state index contributed by atoms with van der Waals surface area (Å²) in [5.74, 6) is 1.29. The molecule has 1 fully saturated rings. The summed E-state index contributed by atoms with van der Waals surface area (Å²) in [5, 5.41) is 0.986. The predicted octanol–water partition coefficient (Wildman–Crippen LogP) is 4.96. The SMILES string of the molecule is CCN(CC)C(=O)C1CCCN(Cc2cccc(OCc3nc4ccccc4s3)c2)C1. The first-order chi connectivity index (χ1) is 15.2. The van der Waals surface area contributed by atoms with E-state index >= 15 is 0 Å². The van der Waals surface area contributed by atoms with Crippen molar-refractivity contribution in [1.82, 2.24) is 14.8 Å². The number of hydrogen-bond donors (Lipinski definition) is 0. The van der Waals surface area contributed by atoms with Gasteiger partial charge in [0.15, 0.2) is 0 Å². The molecule has 0 spiro atoms. The summed E-state index contributed by atoms with van der Waals surface area (Å²) < 4.78 is 7.23. The van der Waals surface area contributed by atoms with Gasteiger partial charge in [-0.25, -0.2) is 4.98 Å². The van der Waals surface area contributed by atoms with E-state index in [-0.39, 0.29) is 5.92 Å². The van der Waals surface area contributed by atoms with E-state index in [9.17, 15) is 4.79 Å². The number of hydrogen-bond acceptors (Lipinski definition) is 5. The number of para-hydroxylation sites is 1. The number of amides is 1. The molecule has 0 aliphatic carbocycles. The molecule has 3 aromatic rings. The van der Waals surface area contributed by atoms with Gasteiger partial charge in [-0.3, -0.25) is 9.69 Å². The highest BCUT2D eigenvalue weighted by atomic mass is 32.1. The predicted molar refractivity (Wildman–Crippen MR) is 126 cm³/mol. The molecule has 0 radical (unpaired) electrons. The second-order valence-corrected chi connectivity index (χ2v) is 9.21. The van der Waals surface area contributed by atoms with Gasteiger partial charge in [0.1, 0.15) is 17.4 Å². The fourth-order valence-electron chi connectivity index (χ4n) is 4.31. The van der Waals surface area contributed by atoms with E-state index < -0.39 is 0 Å². The Hall–Kier alpha value is -2.44. The van der Waals surface area contributed by atoms with Gasteiger partial charge >= 0.3 is 0 Å². The van der Waals surface area contributed by atoms with Crippen LogP contribution in [-0.4, -0.2) is 46.9 Å². The summed E-state index contributed by atoms with van der Waals surface area (Å²) >= 11 is 1.68. The van der Waals surface area contributed by atoms with Crippen LogP contribution in [0.5, 0.6) is 5.75 Å². The first-order valence-corrected chi connectivity index (χ1v) is 12.0. The Kier molecular flexibility index (Phi) is 7.20. The van der Waals surface area contributed by atoms with E-state index in [0.717, 1.165) is 61.8 Å². The molecule has 4 rings (SSSR count). The molecule has 164 valence electrons. The van der Waals surface area contributed by atoms with Crippen molar-refractivity contribution in [3.63, 3.8) is 0 Å². The molecular formula is C25H31N3O2S. The Balaban J connectivity index is 1.35. The largest absolute Gasteiger partial charge is 0.486 e. The van der Waals surface area contributed by atoms with Crippen LogP contribution in [0.4, 0.5) is 0 Å². The standard InChI is InChI=1S/C25H31N3O2S/c1-3-28(4-2)25(29)20-10-8-14-27(17-20)16-19-9-7-11-21(15-19)30-18-24-26-22-12-5-6-13-23(22)31-24/h5-7,9,11-13,15,20H,3-4,8,10,14,16-18H2,1-2H3. The number of carbonyl (C=O) groups is 1. The van der Waals surface area contributed by atoms with Gasteiger partial charge in [-0.15, -0.1) is 11.3 Å². The minimum atomic E-state index is 0.118. The maximum atomic E-state index is 12.8. The van der Waals surface area contributed by atoms with E-state index in [1.54, 1.807) is 11.3 Å². The van der Waals surface area contributed by atoms with E-state index in [4.69, 9.17) is 4.74 Å². The molecular weight excluding hydrogens is 406 g/mol. The average Bonchev–Trinajstić information content (AvgIpc) is 3.22. The zero-order valence-electron chi connectivity index (χ0n) is 18.4. The zero-order valence-corrected chi connectivity index (χ0v) is 19.2. The van der Waals surface area contributed by atoms with Crippen LogP contribution in [0.25, 0.3) is 10.2 Å². The Morgan fingerprint density at radius 3 is 2.84 bits per heavy atom. The van der Waals surface area contributed by atoms with E-state index in [1.165, 1.54) is 10.3 Å². The fraction of sp³-hybridized carbons (Fsp3) is 0.440. The molecule has 1 aliphatic heterocycles. The van der Waals surface area contributed by atoms with Crippen LogP contribution in [0.3, 0.4) is 0 Å². The lowest BCUT2D eigenvalue weighted by Gasteiger charge is -2.34. The highest BCUT2D eigenvalue weighted by Gasteiger charge is 2.28. The monoisotopic (exact) mass is 437 g/mol. The molecule has 1 saturated heterocycles. The smallest absolute Gasteiger partial charge is 0.226 e. The van der Waals surface area contributed by atoms with Gasteiger partial charge in [0, 0.05) is 26.2 Å². The van der Waals surface area contributed by atoms with Crippen LogP contribution in [0, 0.1) is 5.92 Å². The minimum Gasteiger partial charge on any atom is -0.486 e. The molecule has 6 heteroatoms. The number of benzene rings is 2. The number of aromatic nitrogens is 1. The quantitative estimate of drug-likeness (QED) is 0.500. The van der Waals surface area contributed by atoms with Crippen molar-refractivity contribution in [1.29, 1.82) is 0 Å². The van der Waals surface area contributed by atoms with E-state index in [2.05, 4.69) is 41.9 Å². The minimum absolute atomic E-state index is 0.118. The van der Waals surface area contributed by atoms with Gasteiger partial charge in [0.05, 0.1) is 16.1 Å². The van der Waals surface area contributed by atoms with Gasteiger partial charge < -0.3 is 9.64 Å². The van der Waals surface area contributed by atoms with Crippen LogP contribution < -0.4 is 4.74 Å². The molecule has 1 aliphatic rings. The number of fused-ring (bicyclic) bond motifs is 1. The van der Waals surface area contributed by atoms with Crippen molar-refractivity contribution in [2.45, 2.75) is 39.8 Å². The molecule has 0 N–H and O–H groups in total. The molecule has 1 aromatic heterocycles. The number of ether oxygens (including phenoxy) is 1. The van der Waals surface area contributed by atoms with Gasteiger partial charge in [0.2, 0.25) is 5.91 Å². The first kappa shape index (κ1) is 21.8. The lowest BCUT2D eigenvalue weighted by atomic mass is 9.96. The molecule has 2 aromatic carbocycles. The Morgan fingerprint density at radius 1 is 1.19 bits per heavy atom. The number of thiazole rings is 1. The van der Waals surface area contributed by atoms with Crippen LogP contribution in [0.1, 0.15) is 37.3 Å². The Labute approximate surface area is 188 Å². The lowest BCUT2D eigenvalue weighted by molar-refractivity contribution is -0.137. The van der Waals surface area contributed by atoms with Gasteiger partial charge in [0.25, 0.3) is 0 Å². The van der Waals surface area contributed by atoms with Crippen LogP contribution in [-0.2, 0) is 17.9 Å². The number of carbonyl (C=O) groups excluding carboxylic acids is 1. The average molecular weight is 438 g/mol. The number of nitrogens with zero attached hydrogens (tertiary/aromatic N) is 3. The summed E-state index contributed by atoms with van der Waals surface area (Å²) in [6.45, 7) is 8.90. The summed E-state index contributed by atoms with van der Waals surface area (Å²) in [4.78, 5) is 21.8. The molecule has 0 bridgehead atoms. The number of piperidine rings is 1. The second kappa shape index (κ2) is 10.2. The van der Waals surface area contributed by atoms with Crippen LogP contribution in [0.2, 0.25) is 0 Å². The van der Waals surface area contributed by atoms with Crippen LogP contribution in [0.15, 0.2) is 48.5 Å². The van der Waals surface area contributed by atoms with Crippen molar-refractivity contribution >= 4 is 27.5 Å². The van der Waals surface area contributed by atoms with Gasteiger partial charge in [-0.2, -0.15) is 0 Å². The summed E-state index contributed by atoms with van der Waals surface area (Å²) in [6, 6.07) is 16.5. The van der Waals surface area contributed by atoms with Gasteiger partial charge in [-0.1, -0.05) is 24.3 Å². The molecule has 5 nitrogen and oxygen atoms in total. The Bertz CT molecular complexity index is 982. The summed E-state index contributed by atoms with van der Waals surface area (Å²) in [6.07, 6.45) is 2.07. The van der Waals surface area contributed by atoms with Crippen molar-refractivity contribution in [2.24, 2.45) is 5.92 Å². The Morgan fingerprint density at radius 2 is 2.03 bits per heavy atom. The van der Waals surface area contributed by atoms with Crippen molar-refractivity contribution in [3.8, 4) is 5.75 Å². The van der Waals surface area contributed by atoms with Crippen molar-refractivity contribution < 1.29 is 9.53 Å². The lowest BCUT2D eigenvalue weighted by Crippen LogP contribution is -2.44. The maximum Gasteiger partial charge on any atom is 0.226 e. The molecule has 0 saturated carbocycles. The summed E-state index contributed by atoms with van der Waals surface area (Å²) in [7, 11) is 0. The zero-order chi connectivity index (χ0) is 21.6. The van der Waals surface area contributed by atoms with Crippen molar-refractivity contribution in [3.05, 3.63) is 59.1 Å². The highest BCUT2D eigenvalue weighted by molar-refractivity contribution is 7.18. The summed E-state index contributed by atoms with van der Waals surface area (Å²) in [5.41, 5.74) is 2.25.